The van der Waals surface area contributed by atoms with Crippen LogP contribution in [0.2, 0.25) is 0 Å². The number of unbranched alkanes of at least 4 members (excludes halogenated alkanes) is 2. The third-order valence-corrected chi connectivity index (χ3v) is 3.29. The molecule has 98 valence electrons. The molecule has 0 unspecified atom stereocenters. The van der Waals surface area contributed by atoms with Crippen molar-refractivity contribution in [1.29, 1.82) is 5.26 Å². The predicted molar refractivity (Wildman–Crippen MR) is 77.9 cm³/mol. The van der Waals surface area contributed by atoms with Crippen molar-refractivity contribution >= 4 is 5.69 Å². The molecule has 18 heavy (non-hydrogen) atoms. The third kappa shape index (κ3) is 3.77. The normalized spacial score (nSPS) is 10.4. The van der Waals surface area contributed by atoms with Gasteiger partial charge in [0.15, 0.2) is 0 Å². The van der Waals surface area contributed by atoms with Gasteiger partial charge in [0.25, 0.3) is 0 Å². The maximum atomic E-state index is 8.97. The van der Waals surface area contributed by atoms with Crippen molar-refractivity contribution in [3.8, 4) is 6.07 Å². The van der Waals surface area contributed by atoms with E-state index in [-0.39, 0.29) is 0 Å². The smallest absolute Gasteiger partial charge is 0.0994 e. The van der Waals surface area contributed by atoms with Crippen molar-refractivity contribution in [3.63, 3.8) is 0 Å². The molecule has 0 aliphatic rings. The lowest BCUT2D eigenvalue weighted by atomic mass is 10.1. The van der Waals surface area contributed by atoms with Crippen LogP contribution in [0.4, 0.5) is 5.69 Å². The molecule has 0 aliphatic heterocycles. The standard InChI is InChI=1S/C16H24N2/c1-5-6-7-10-18(13(2)3)16-9-8-15(12-17)14(4)11-16/h8-9,11,13H,5-7,10H2,1-4H3. The molecule has 0 saturated heterocycles. The van der Waals surface area contributed by atoms with E-state index < -0.39 is 0 Å². The summed E-state index contributed by atoms with van der Waals surface area (Å²) in [4.78, 5) is 2.42. The molecule has 0 radical (unpaired) electrons. The minimum absolute atomic E-state index is 0.495. The number of benzene rings is 1. The van der Waals surface area contributed by atoms with Crippen molar-refractivity contribution in [2.75, 3.05) is 11.4 Å². The molecule has 1 rings (SSSR count). The Morgan fingerprint density at radius 2 is 2.00 bits per heavy atom. The molecule has 2 heteroatoms. The monoisotopic (exact) mass is 244 g/mol. The first-order valence-corrected chi connectivity index (χ1v) is 6.87. The van der Waals surface area contributed by atoms with Gasteiger partial charge in [-0.15, -0.1) is 0 Å². The maximum absolute atomic E-state index is 8.97. The van der Waals surface area contributed by atoms with Crippen molar-refractivity contribution in [1.82, 2.24) is 0 Å². The van der Waals surface area contributed by atoms with Gasteiger partial charge in [-0.05, 0) is 51.0 Å². The highest BCUT2D eigenvalue weighted by molar-refractivity contribution is 5.54. The lowest BCUT2D eigenvalue weighted by molar-refractivity contribution is 0.626. The van der Waals surface area contributed by atoms with Gasteiger partial charge in [0.05, 0.1) is 11.6 Å². The number of nitrogens with zero attached hydrogens (tertiary/aromatic N) is 2. The largest absolute Gasteiger partial charge is 0.369 e. The Morgan fingerprint density at radius 1 is 1.28 bits per heavy atom. The Balaban J connectivity index is 2.86. The molecule has 0 N–H and O–H groups in total. The molecule has 0 aromatic heterocycles. The first-order chi connectivity index (χ1) is 8.60. The van der Waals surface area contributed by atoms with Crippen LogP contribution in [-0.2, 0) is 0 Å². The number of aryl methyl sites for hydroxylation is 1. The Hall–Kier alpha value is -1.49. The van der Waals surface area contributed by atoms with Crippen LogP contribution in [-0.4, -0.2) is 12.6 Å². The van der Waals surface area contributed by atoms with Crippen LogP contribution in [0, 0.1) is 18.3 Å². The molecule has 0 fully saturated rings. The Kier molecular flexibility index (Phi) is 5.71. The second-order valence-electron chi connectivity index (χ2n) is 5.11. The average Bonchev–Trinajstić information content (AvgIpc) is 2.34. The second-order valence-corrected chi connectivity index (χ2v) is 5.11. The number of hydrogen-bond acceptors (Lipinski definition) is 2. The Labute approximate surface area is 111 Å². The fourth-order valence-corrected chi connectivity index (χ4v) is 2.17. The van der Waals surface area contributed by atoms with Gasteiger partial charge in [-0.1, -0.05) is 19.8 Å². The zero-order valence-corrected chi connectivity index (χ0v) is 12.0. The number of hydrogen-bond donors (Lipinski definition) is 0. The first-order valence-electron chi connectivity index (χ1n) is 6.87. The molecular formula is C16H24N2. The van der Waals surface area contributed by atoms with E-state index in [1.54, 1.807) is 0 Å². The highest BCUT2D eigenvalue weighted by Crippen LogP contribution is 2.21. The zero-order valence-electron chi connectivity index (χ0n) is 12.0. The van der Waals surface area contributed by atoms with Crippen LogP contribution >= 0.6 is 0 Å². The molecule has 0 saturated carbocycles. The lowest BCUT2D eigenvalue weighted by Crippen LogP contribution is -2.31. The van der Waals surface area contributed by atoms with E-state index in [0.717, 1.165) is 17.7 Å². The zero-order chi connectivity index (χ0) is 13.5. The fourth-order valence-electron chi connectivity index (χ4n) is 2.17. The van der Waals surface area contributed by atoms with Crippen LogP contribution in [0.5, 0.6) is 0 Å². The number of rotatable bonds is 6. The summed E-state index contributed by atoms with van der Waals surface area (Å²) in [7, 11) is 0. The summed E-state index contributed by atoms with van der Waals surface area (Å²) in [6.07, 6.45) is 3.75. The van der Waals surface area contributed by atoms with Gasteiger partial charge in [-0.25, -0.2) is 0 Å². The topological polar surface area (TPSA) is 27.0 Å². The molecule has 1 aromatic rings. The summed E-state index contributed by atoms with van der Waals surface area (Å²) in [6, 6.07) is 8.85. The van der Waals surface area contributed by atoms with Gasteiger partial charge in [-0.3, -0.25) is 0 Å². The van der Waals surface area contributed by atoms with Crippen molar-refractivity contribution in [2.24, 2.45) is 0 Å². The second kappa shape index (κ2) is 7.06. The van der Waals surface area contributed by atoms with E-state index in [4.69, 9.17) is 5.26 Å². The summed E-state index contributed by atoms with van der Waals surface area (Å²) in [6.45, 7) is 9.77. The van der Waals surface area contributed by atoms with Crippen LogP contribution in [0.3, 0.4) is 0 Å². The van der Waals surface area contributed by atoms with Crippen molar-refractivity contribution in [3.05, 3.63) is 29.3 Å². The third-order valence-electron chi connectivity index (χ3n) is 3.29. The summed E-state index contributed by atoms with van der Waals surface area (Å²) >= 11 is 0. The number of anilines is 1. The molecule has 0 bridgehead atoms. The Morgan fingerprint density at radius 3 is 2.50 bits per heavy atom. The molecule has 0 aliphatic carbocycles. The van der Waals surface area contributed by atoms with Crippen LogP contribution in [0.15, 0.2) is 18.2 Å². The van der Waals surface area contributed by atoms with E-state index in [9.17, 15) is 0 Å². The van der Waals surface area contributed by atoms with Crippen LogP contribution in [0.1, 0.15) is 51.2 Å². The molecule has 0 amide bonds. The quantitative estimate of drug-likeness (QED) is 0.699. The summed E-state index contributed by atoms with van der Waals surface area (Å²) in [5, 5.41) is 8.97. The first kappa shape index (κ1) is 14.6. The van der Waals surface area contributed by atoms with Crippen LogP contribution in [0.25, 0.3) is 0 Å². The minimum Gasteiger partial charge on any atom is -0.369 e. The van der Waals surface area contributed by atoms with E-state index in [1.807, 2.05) is 13.0 Å². The van der Waals surface area contributed by atoms with E-state index in [1.165, 1.54) is 24.9 Å². The highest BCUT2D eigenvalue weighted by Gasteiger charge is 2.11. The van der Waals surface area contributed by atoms with Gasteiger partial charge < -0.3 is 4.90 Å². The summed E-state index contributed by atoms with van der Waals surface area (Å²) < 4.78 is 0. The molecule has 1 aromatic carbocycles. The van der Waals surface area contributed by atoms with Gasteiger partial charge in [-0.2, -0.15) is 5.26 Å². The molecular weight excluding hydrogens is 220 g/mol. The van der Waals surface area contributed by atoms with Crippen molar-refractivity contribution in [2.45, 2.75) is 53.0 Å². The lowest BCUT2D eigenvalue weighted by Gasteiger charge is -2.29. The number of nitriles is 1. The van der Waals surface area contributed by atoms with E-state index in [0.29, 0.717) is 6.04 Å². The molecule has 2 nitrogen and oxygen atoms in total. The van der Waals surface area contributed by atoms with Gasteiger partial charge in [0.2, 0.25) is 0 Å². The predicted octanol–water partition coefficient (Wildman–Crippen LogP) is 4.27. The molecule has 0 atom stereocenters. The fraction of sp³-hybridized carbons (Fsp3) is 0.562. The van der Waals surface area contributed by atoms with E-state index in [2.05, 4.69) is 43.9 Å². The van der Waals surface area contributed by atoms with E-state index >= 15 is 0 Å². The minimum atomic E-state index is 0.495. The maximum Gasteiger partial charge on any atom is 0.0994 e. The molecule has 0 spiro atoms. The average molecular weight is 244 g/mol. The highest BCUT2D eigenvalue weighted by atomic mass is 15.1. The molecule has 0 heterocycles. The van der Waals surface area contributed by atoms with Crippen molar-refractivity contribution < 1.29 is 0 Å². The van der Waals surface area contributed by atoms with Gasteiger partial charge >= 0.3 is 0 Å². The van der Waals surface area contributed by atoms with Gasteiger partial charge in [0.1, 0.15) is 0 Å². The summed E-state index contributed by atoms with van der Waals surface area (Å²) in [5.41, 5.74) is 3.07. The SMILES string of the molecule is CCCCCN(c1ccc(C#N)c(C)c1)C(C)C. The van der Waals surface area contributed by atoms with Gasteiger partial charge in [0, 0.05) is 18.3 Å². The van der Waals surface area contributed by atoms with Crippen LogP contribution < -0.4 is 4.90 Å². The summed E-state index contributed by atoms with van der Waals surface area (Å²) in [5.74, 6) is 0. The Bertz CT molecular complexity index is 416.